The standard InChI is InChI=1S/C29H23FN6O/c1-17-13-20(11-12-32-17)24-10-5-7-21-14-26(18(2)34-28-25(31-4)16-33-19(3)35-28)36(29(37)27(21)24)23-9-6-8-22(30)15-23/h5-16,18H,1-3H3,(H,33,34,35)/t18-/m0/s1. The maximum absolute atomic E-state index is 14.3. The van der Waals surface area contributed by atoms with Gasteiger partial charge in [0, 0.05) is 23.8 Å². The van der Waals surface area contributed by atoms with Gasteiger partial charge in [-0.25, -0.2) is 14.2 Å². The Hall–Kier alpha value is -4.90. The predicted octanol–water partition coefficient (Wildman–Crippen LogP) is 6.32. The Balaban J connectivity index is 1.77. The van der Waals surface area contributed by atoms with Crippen LogP contribution in [0.5, 0.6) is 0 Å². The fourth-order valence-corrected chi connectivity index (χ4v) is 4.47. The number of rotatable bonds is 5. The molecule has 7 nitrogen and oxygen atoms in total. The molecular formula is C29H23FN6O. The first kappa shape index (κ1) is 23.8. The summed E-state index contributed by atoms with van der Waals surface area (Å²) < 4.78 is 15.8. The number of pyridine rings is 2. The molecule has 3 heterocycles. The van der Waals surface area contributed by atoms with Gasteiger partial charge in [0.05, 0.1) is 23.7 Å². The van der Waals surface area contributed by atoms with Crippen molar-refractivity contribution in [1.29, 1.82) is 0 Å². The number of aromatic nitrogens is 4. The van der Waals surface area contributed by atoms with E-state index in [0.717, 1.165) is 22.2 Å². The van der Waals surface area contributed by atoms with Crippen molar-refractivity contribution < 1.29 is 4.39 Å². The number of aryl methyl sites for hydroxylation is 2. The summed E-state index contributed by atoms with van der Waals surface area (Å²) >= 11 is 0. The van der Waals surface area contributed by atoms with E-state index in [1.165, 1.54) is 22.9 Å². The Morgan fingerprint density at radius 1 is 1.05 bits per heavy atom. The van der Waals surface area contributed by atoms with E-state index in [0.29, 0.717) is 28.4 Å². The molecule has 1 atom stereocenters. The first-order valence-electron chi connectivity index (χ1n) is 11.7. The molecule has 8 heteroatoms. The fraction of sp³-hybridized carbons (Fsp3) is 0.138. The summed E-state index contributed by atoms with van der Waals surface area (Å²) in [6, 6.07) is 16.9. The van der Waals surface area contributed by atoms with Gasteiger partial charge in [-0.15, -0.1) is 0 Å². The van der Waals surface area contributed by atoms with Crippen LogP contribution in [0.2, 0.25) is 0 Å². The summed E-state index contributed by atoms with van der Waals surface area (Å²) in [5.74, 6) is 0.436. The van der Waals surface area contributed by atoms with Crippen molar-refractivity contribution in [3.63, 3.8) is 0 Å². The van der Waals surface area contributed by atoms with E-state index in [2.05, 4.69) is 25.1 Å². The molecular weight excluding hydrogens is 467 g/mol. The van der Waals surface area contributed by atoms with Gasteiger partial charge in [0.2, 0.25) is 5.69 Å². The molecule has 5 rings (SSSR count). The molecule has 0 unspecified atom stereocenters. The molecule has 0 saturated carbocycles. The van der Waals surface area contributed by atoms with Gasteiger partial charge in [-0.3, -0.25) is 19.3 Å². The third-order valence-electron chi connectivity index (χ3n) is 6.16. The first-order chi connectivity index (χ1) is 17.9. The van der Waals surface area contributed by atoms with Crippen molar-refractivity contribution >= 4 is 22.3 Å². The van der Waals surface area contributed by atoms with Gasteiger partial charge in [0.25, 0.3) is 5.56 Å². The highest BCUT2D eigenvalue weighted by Gasteiger charge is 2.20. The number of nitrogens with zero attached hydrogens (tertiary/aromatic N) is 5. The first-order valence-corrected chi connectivity index (χ1v) is 11.7. The highest BCUT2D eigenvalue weighted by atomic mass is 19.1. The van der Waals surface area contributed by atoms with Crippen molar-refractivity contribution in [3.8, 4) is 16.8 Å². The second-order valence-corrected chi connectivity index (χ2v) is 8.77. The quantitative estimate of drug-likeness (QED) is 0.292. The molecule has 0 aliphatic carbocycles. The number of nitrogens with one attached hydrogen (secondary N) is 1. The van der Waals surface area contributed by atoms with Gasteiger partial charge in [0.15, 0.2) is 0 Å². The summed E-state index contributed by atoms with van der Waals surface area (Å²) in [6.07, 6.45) is 3.18. The summed E-state index contributed by atoms with van der Waals surface area (Å²) in [4.78, 5) is 30.5. The Labute approximate surface area is 213 Å². The average Bonchev–Trinajstić information content (AvgIpc) is 2.88. The van der Waals surface area contributed by atoms with Crippen LogP contribution in [0.15, 0.2) is 77.9 Å². The lowest BCUT2D eigenvalue weighted by Crippen LogP contribution is -2.26. The molecule has 0 fully saturated rings. The summed E-state index contributed by atoms with van der Waals surface area (Å²) in [5, 5.41) is 4.53. The lowest BCUT2D eigenvalue weighted by atomic mass is 9.98. The van der Waals surface area contributed by atoms with E-state index in [4.69, 9.17) is 6.57 Å². The zero-order chi connectivity index (χ0) is 26.1. The Bertz CT molecular complexity index is 1750. The Morgan fingerprint density at radius 3 is 2.62 bits per heavy atom. The van der Waals surface area contributed by atoms with Gasteiger partial charge in [0.1, 0.15) is 17.5 Å². The van der Waals surface area contributed by atoms with Gasteiger partial charge in [-0.05, 0) is 73.7 Å². The van der Waals surface area contributed by atoms with Gasteiger partial charge in [-0.1, -0.05) is 24.3 Å². The predicted molar refractivity (Wildman–Crippen MR) is 143 cm³/mol. The highest BCUT2D eigenvalue weighted by Crippen LogP contribution is 2.31. The maximum Gasteiger partial charge on any atom is 0.263 e. The summed E-state index contributed by atoms with van der Waals surface area (Å²) in [5.41, 5.74) is 3.48. The number of benzene rings is 2. The molecule has 182 valence electrons. The minimum Gasteiger partial charge on any atom is -0.371 e. The Morgan fingerprint density at radius 2 is 1.86 bits per heavy atom. The number of halogens is 1. The van der Waals surface area contributed by atoms with Crippen LogP contribution in [0.4, 0.5) is 15.9 Å². The smallest absolute Gasteiger partial charge is 0.263 e. The van der Waals surface area contributed by atoms with Crippen LogP contribution in [0.1, 0.15) is 30.2 Å². The van der Waals surface area contributed by atoms with E-state index in [1.54, 1.807) is 25.3 Å². The molecule has 1 N–H and O–H groups in total. The van der Waals surface area contributed by atoms with Crippen LogP contribution >= 0.6 is 0 Å². The van der Waals surface area contributed by atoms with E-state index in [9.17, 15) is 9.18 Å². The lowest BCUT2D eigenvalue weighted by molar-refractivity contribution is 0.625. The van der Waals surface area contributed by atoms with E-state index in [-0.39, 0.29) is 11.2 Å². The van der Waals surface area contributed by atoms with E-state index in [1.807, 2.05) is 50.2 Å². The van der Waals surface area contributed by atoms with Crippen molar-refractivity contribution in [3.05, 3.63) is 118 Å². The number of hydrogen-bond acceptors (Lipinski definition) is 5. The second-order valence-electron chi connectivity index (χ2n) is 8.77. The zero-order valence-electron chi connectivity index (χ0n) is 20.5. The topological polar surface area (TPSA) is 77.1 Å². The van der Waals surface area contributed by atoms with Crippen molar-refractivity contribution in [2.24, 2.45) is 0 Å². The maximum atomic E-state index is 14.3. The van der Waals surface area contributed by atoms with Crippen LogP contribution in [0.3, 0.4) is 0 Å². The molecule has 0 spiro atoms. The van der Waals surface area contributed by atoms with Crippen molar-refractivity contribution in [1.82, 2.24) is 19.5 Å². The van der Waals surface area contributed by atoms with Gasteiger partial charge >= 0.3 is 0 Å². The fourth-order valence-electron chi connectivity index (χ4n) is 4.47. The number of fused-ring (bicyclic) bond motifs is 1. The van der Waals surface area contributed by atoms with Crippen LogP contribution in [0.25, 0.3) is 32.4 Å². The normalized spacial score (nSPS) is 11.8. The molecule has 0 bridgehead atoms. The average molecular weight is 491 g/mol. The molecule has 0 aliphatic heterocycles. The Kier molecular flexibility index (Phi) is 6.20. The lowest BCUT2D eigenvalue weighted by Gasteiger charge is -2.22. The van der Waals surface area contributed by atoms with E-state index < -0.39 is 11.9 Å². The minimum absolute atomic E-state index is 0.272. The molecule has 0 amide bonds. The molecule has 3 aromatic heterocycles. The number of hydrogen-bond donors (Lipinski definition) is 1. The molecule has 5 aromatic rings. The largest absolute Gasteiger partial charge is 0.371 e. The molecule has 0 saturated heterocycles. The third kappa shape index (κ3) is 4.55. The molecule has 37 heavy (non-hydrogen) atoms. The molecule has 0 aliphatic rings. The zero-order valence-corrected chi connectivity index (χ0v) is 20.5. The highest BCUT2D eigenvalue weighted by molar-refractivity contribution is 5.96. The van der Waals surface area contributed by atoms with Crippen LogP contribution in [0, 0.1) is 26.2 Å². The van der Waals surface area contributed by atoms with Crippen molar-refractivity contribution in [2.75, 3.05) is 5.32 Å². The van der Waals surface area contributed by atoms with E-state index >= 15 is 0 Å². The molecule has 2 aromatic carbocycles. The monoisotopic (exact) mass is 490 g/mol. The minimum atomic E-state index is -0.456. The van der Waals surface area contributed by atoms with Gasteiger partial charge < -0.3 is 5.32 Å². The number of anilines is 1. The van der Waals surface area contributed by atoms with Crippen LogP contribution < -0.4 is 10.9 Å². The molecule has 0 radical (unpaired) electrons. The van der Waals surface area contributed by atoms with Gasteiger partial charge in [-0.2, -0.15) is 0 Å². The summed E-state index contributed by atoms with van der Waals surface area (Å²) in [6.45, 7) is 13.0. The summed E-state index contributed by atoms with van der Waals surface area (Å²) in [7, 11) is 0. The van der Waals surface area contributed by atoms with Crippen molar-refractivity contribution in [2.45, 2.75) is 26.8 Å². The van der Waals surface area contributed by atoms with Crippen LogP contribution in [-0.4, -0.2) is 19.5 Å². The second kappa shape index (κ2) is 9.63. The SMILES string of the molecule is [C-]#[N+]c1cnc(C)nc1N[C@@H](C)c1cc2cccc(-c3ccnc(C)c3)c2c(=O)n1-c1cccc(F)c1. The third-order valence-corrected chi connectivity index (χ3v) is 6.16. The van der Waals surface area contributed by atoms with Crippen LogP contribution in [-0.2, 0) is 0 Å².